The number of primary amides is 1. The van der Waals surface area contributed by atoms with E-state index in [9.17, 15) is 9.59 Å². The van der Waals surface area contributed by atoms with E-state index in [1.54, 1.807) is 21.9 Å². The third kappa shape index (κ3) is 1.73. The van der Waals surface area contributed by atoms with Gasteiger partial charge in [0.15, 0.2) is 5.76 Å². The maximum absolute atomic E-state index is 12.1. The van der Waals surface area contributed by atoms with Crippen LogP contribution in [-0.2, 0) is 0 Å². The monoisotopic (exact) mass is 249 g/mol. The lowest BCUT2D eigenvalue weighted by Gasteiger charge is -2.19. The molecule has 0 bridgehead atoms. The zero-order valence-corrected chi connectivity index (χ0v) is 9.91. The lowest BCUT2D eigenvalue weighted by atomic mass is 10.0. The SMILES string of the molecule is NC(=O)N1C[C@@H]2CN(C(=O)c3ccco3)C[C@@H]2C1. The third-order valence-corrected chi connectivity index (χ3v) is 3.82. The number of amides is 3. The van der Waals surface area contributed by atoms with E-state index in [1.165, 1.54) is 6.26 Å². The van der Waals surface area contributed by atoms with E-state index in [1.807, 2.05) is 0 Å². The van der Waals surface area contributed by atoms with Crippen molar-refractivity contribution in [2.45, 2.75) is 0 Å². The fourth-order valence-electron chi connectivity index (χ4n) is 2.89. The summed E-state index contributed by atoms with van der Waals surface area (Å²) in [5.41, 5.74) is 5.26. The van der Waals surface area contributed by atoms with Gasteiger partial charge in [0, 0.05) is 38.0 Å². The van der Waals surface area contributed by atoms with E-state index < -0.39 is 0 Å². The Labute approximate surface area is 104 Å². The number of rotatable bonds is 1. The Morgan fingerprint density at radius 3 is 2.28 bits per heavy atom. The zero-order chi connectivity index (χ0) is 12.7. The van der Waals surface area contributed by atoms with Crippen molar-refractivity contribution in [2.75, 3.05) is 26.2 Å². The molecule has 0 radical (unpaired) electrons. The molecule has 1 aromatic heterocycles. The van der Waals surface area contributed by atoms with Gasteiger partial charge in [0.25, 0.3) is 5.91 Å². The second kappa shape index (κ2) is 4.04. The van der Waals surface area contributed by atoms with E-state index in [0.717, 1.165) is 0 Å². The summed E-state index contributed by atoms with van der Waals surface area (Å²) in [6.07, 6.45) is 1.50. The Kier molecular flexibility index (Phi) is 2.50. The molecule has 3 rings (SSSR count). The number of furan rings is 1. The Morgan fingerprint density at radius 1 is 1.17 bits per heavy atom. The number of hydrogen-bond donors (Lipinski definition) is 1. The van der Waals surface area contributed by atoms with Gasteiger partial charge in [-0.3, -0.25) is 4.79 Å². The van der Waals surface area contributed by atoms with Crippen LogP contribution >= 0.6 is 0 Å². The molecule has 18 heavy (non-hydrogen) atoms. The van der Waals surface area contributed by atoms with E-state index in [4.69, 9.17) is 10.2 Å². The number of carbonyl (C=O) groups is 2. The van der Waals surface area contributed by atoms with Gasteiger partial charge >= 0.3 is 6.03 Å². The predicted molar refractivity (Wildman–Crippen MR) is 62.7 cm³/mol. The number of likely N-dealkylation sites (tertiary alicyclic amines) is 2. The molecule has 1 aromatic rings. The Hall–Kier alpha value is -1.98. The zero-order valence-electron chi connectivity index (χ0n) is 9.91. The van der Waals surface area contributed by atoms with Crippen molar-refractivity contribution >= 4 is 11.9 Å². The molecule has 2 aliphatic heterocycles. The number of urea groups is 1. The molecule has 0 aliphatic carbocycles. The molecule has 0 aromatic carbocycles. The highest BCUT2D eigenvalue weighted by Gasteiger charge is 2.43. The van der Waals surface area contributed by atoms with Crippen LogP contribution in [0.4, 0.5) is 4.79 Å². The Balaban J connectivity index is 1.65. The first-order valence-electron chi connectivity index (χ1n) is 6.02. The molecule has 2 aliphatic rings. The molecule has 2 fully saturated rings. The van der Waals surface area contributed by atoms with Crippen molar-refractivity contribution < 1.29 is 14.0 Å². The second-order valence-electron chi connectivity index (χ2n) is 4.95. The van der Waals surface area contributed by atoms with Crippen molar-refractivity contribution in [1.82, 2.24) is 9.80 Å². The van der Waals surface area contributed by atoms with Crippen LogP contribution in [0.15, 0.2) is 22.8 Å². The maximum atomic E-state index is 12.1. The summed E-state index contributed by atoms with van der Waals surface area (Å²) in [5, 5.41) is 0. The Morgan fingerprint density at radius 2 is 1.78 bits per heavy atom. The highest BCUT2D eigenvalue weighted by Crippen LogP contribution is 2.31. The molecule has 0 unspecified atom stereocenters. The molecule has 0 spiro atoms. The summed E-state index contributed by atoms with van der Waals surface area (Å²) in [6, 6.07) is 3.01. The maximum Gasteiger partial charge on any atom is 0.314 e. The Bertz CT molecular complexity index is 457. The topological polar surface area (TPSA) is 79.8 Å². The first kappa shape index (κ1) is 11.1. The van der Waals surface area contributed by atoms with Gasteiger partial charge in [-0.25, -0.2) is 4.79 Å². The highest BCUT2D eigenvalue weighted by atomic mass is 16.3. The van der Waals surface area contributed by atoms with Crippen LogP contribution < -0.4 is 5.73 Å². The van der Waals surface area contributed by atoms with Gasteiger partial charge in [-0.1, -0.05) is 0 Å². The van der Waals surface area contributed by atoms with Crippen LogP contribution in [-0.4, -0.2) is 47.9 Å². The van der Waals surface area contributed by atoms with Crippen LogP contribution in [0.25, 0.3) is 0 Å². The molecule has 0 saturated carbocycles. The molecule has 6 heteroatoms. The standard InChI is InChI=1S/C12H15N3O3/c13-12(17)15-6-8-4-14(5-9(8)7-15)11(16)10-2-1-3-18-10/h1-3,8-9H,4-7H2,(H2,13,17)/t8-,9+. The van der Waals surface area contributed by atoms with Gasteiger partial charge in [0.1, 0.15) is 0 Å². The van der Waals surface area contributed by atoms with E-state index in [-0.39, 0.29) is 11.9 Å². The van der Waals surface area contributed by atoms with Crippen LogP contribution in [0.2, 0.25) is 0 Å². The van der Waals surface area contributed by atoms with Gasteiger partial charge in [0.2, 0.25) is 0 Å². The number of nitrogens with two attached hydrogens (primary N) is 1. The molecule has 3 heterocycles. The molecule has 2 N–H and O–H groups in total. The summed E-state index contributed by atoms with van der Waals surface area (Å²) < 4.78 is 5.11. The third-order valence-electron chi connectivity index (χ3n) is 3.82. The molecule has 2 saturated heterocycles. The van der Waals surface area contributed by atoms with Crippen LogP contribution in [0.1, 0.15) is 10.6 Å². The lowest BCUT2D eigenvalue weighted by Crippen LogP contribution is -2.38. The lowest BCUT2D eigenvalue weighted by molar-refractivity contribution is 0.0745. The average molecular weight is 249 g/mol. The molecule has 96 valence electrons. The summed E-state index contributed by atoms with van der Waals surface area (Å²) in [7, 11) is 0. The fraction of sp³-hybridized carbons (Fsp3) is 0.500. The number of fused-ring (bicyclic) bond motifs is 1. The predicted octanol–water partition coefficient (Wildman–Crippen LogP) is 0.362. The summed E-state index contributed by atoms with van der Waals surface area (Å²) in [6.45, 7) is 2.66. The van der Waals surface area contributed by atoms with Crippen molar-refractivity contribution in [1.29, 1.82) is 0 Å². The first-order valence-corrected chi connectivity index (χ1v) is 6.02. The molecular formula is C12H15N3O3. The summed E-state index contributed by atoms with van der Waals surface area (Å²) in [4.78, 5) is 26.6. The minimum atomic E-state index is -0.367. The van der Waals surface area contributed by atoms with Crippen LogP contribution in [0.3, 0.4) is 0 Å². The van der Waals surface area contributed by atoms with Crippen molar-refractivity contribution in [3.8, 4) is 0 Å². The molecule has 6 nitrogen and oxygen atoms in total. The number of carbonyl (C=O) groups excluding carboxylic acids is 2. The van der Waals surface area contributed by atoms with Crippen LogP contribution in [0, 0.1) is 11.8 Å². The van der Waals surface area contributed by atoms with Crippen molar-refractivity contribution in [3.63, 3.8) is 0 Å². The van der Waals surface area contributed by atoms with Gasteiger partial charge in [-0.05, 0) is 12.1 Å². The quantitative estimate of drug-likeness (QED) is 0.780. The summed E-state index contributed by atoms with van der Waals surface area (Å²) in [5.74, 6) is 0.995. The minimum Gasteiger partial charge on any atom is -0.459 e. The van der Waals surface area contributed by atoms with Crippen molar-refractivity contribution in [3.05, 3.63) is 24.2 Å². The average Bonchev–Trinajstić information content (AvgIpc) is 3.03. The smallest absolute Gasteiger partial charge is 0.314 e. The summed E-state index contributed by atoms with van der Waals surface area (Å²) >= 11 is 0. The van der Waals surface area contributed by atoms with Crippen molar-refractivity contribution in [2.24, 2.45) is 17.6 Å². The normalized spacial score (nSPS) is 26.4. The molecule has 3 amide bonds. The van der Waals surface area contributed by atoms with Crippen LogP contribution in [0.5, 0.6) is 0 Å². The minimum absolute atomic E-state index is 0.0694. The molecular weight excluding hydrogens is 234 g/mol. The van der Waals surface area contributed by atoms with Gasteiger partial charge < -0.3 is 20.0 Å². The van der Waals surface area contributed by atoms with Gasteiger partial charge in [0.05, 0.1) is 6.26 Å². The van der Waals surface area contributed by atoms with E-state index in [2.05, 4.69) is 0 Å². The largest absolute Gasteiger partial charge is 0.459 e. The van der Waals surface area contributed by atoms with E-state index in [0.29, 0.717) is 43.8 Å². The van der Waals surface area contributed by atoms with Gasteiger partial charge in [-0.2, -0.15) is 0 Å². The second-order valence-corrected chi connectivity index (χ2v) is 4.95. The fourth-order valence-corrected chi connectivity index (χ4v) is 2.89. The molecule has 2 atom stereocenters. The van der Waals surface area contributed by atoms with Gasteiger partial charge in [-0.15, -0.1) is 0 Å². The van der Waals surface area contributed by atoms with E-state index >= 15 is 0 Å². The highest BCUT2D eigenvalue weighted by molar-refractivity contribution is 5.91. The number of nitrogens with zero attached hydrogens (tertiary/aromatic N) is 2. The first-order chi connectivity index (χ1) is 8.65. The number of hydrogen-bond acceptors (Lipinski definition) is 3.